The molecule has 0 fully saturated rings. The highest BCUT2D eigenvalue weighted by Gasteiger charge is 2.18. The summed E-state index contributed by atoms with van der Waals surface area (Å²) in [5, 5.41) is 3.35. The summed E-state index contributed by atoms with van der Waals surface area (Å²) in [5.41, 5.74) is 2.89. The van der Waals surface area contributed by atoms with Crippen LogP contribution in [0, 0.1) is 0 Å². The first-order valence-electron chi connectivity index (χ1n) is 10.9. The number of carbonyl (C=O) groups is 2. The number of anilines is 1. The summed E-state index contributed by atoms with van der Waals surface area (Å²) in [7, 11) is 1.74. The molecule has 34 heavy (non-hydrogen) atoms. The zero-order chi connectivity index (χ0) is 24.1. The fourth-order valence-electron chi connectivity index (χ4n) is 3.60. The second-order valence-electron chi connectivity index (χ2n) is 7.93. The molecule has 7 heteroatoms. The molecule has 3 aromatic carbocycles. The molecule has 0 radical (unpaired) electrons. The summed E-state index contributed by atoms with van der Waals surface area (Å²) in [5.74, 6) is 0.747. The lowest BCUT2D eigenvalue weighted by molar-refractivity contribution is -0.126. The van der Waals surface area contributed by atoms with Gasteiger partial charge in [0.25, 0.3) is 5.91 Å². The van der Waals surface area contributed by atoms with Crippen LogP contribution in [0.25, 0.3) is 6.08 Å². The predicted molar refractivity (Wildman–Crippen MR) is 133 cm³/mol. The van der Waals surface area contributed by atoms with Gasteiger partial charge in [-0.25, -0.2) is 0 Å². The van der Waals surface area contributed by atoms with Crippen LogP contribution in [0.5, 0.6) is 11.5 Å². The Bertz CT molecular complexity index is 1230. The molecule has 1 unspecified atom stereocenters. The molecule has 6 nitrogen and oxygen atoms in total. The Morgan fingerprint density at radius 3 is 2.59 bits per heavy atom. The zero-order valence-electron chi connectivity index (χ0n) is 19.0. The van der Waals surface area contributed by atoms with Crippen molar-refractivity contribution in [1.29, 1.82) is 0 Å². The van der Waals surface area contributed by atoms with Crippen LogP contribution < -0.4 is 14.8 Å². The summed E-state index contributed by atoms with van der Waals surface area (Å²) in [4.78, 5) is 26.9. The van der Waals surface area contributed by atoms with Crippen molar-refractivity contribution in [2.24, 2.45) is 0 Å². The number of fused-ring (bicyclic) bond motifs is 1. The quantitative estimate of drug-likeness (QED) is 0.470. The van der Waals surface area contributed by atoms with E-state index in [1.807, 2.05) is 49.4 Å². The van der Waals surface area contributed by atoms with Crippen molar-refractivity contribution in [3.05, 3.63) is 94.5 Å². The number of nitrogens with zero attached hydrogens (tertiary/aromatic N) is 1. The van der Waals surface area contributed by atoms with Crippen LogP contribution >= 0.6 is 11.6 Å². The molecular weight excluding hydrogens is 452 g/mol. The maximum Gasteiger partial charge on any atom is 0.255 e. The molecular formula is C27H25ClN2O4. The molecule has 0 bridgehead atoms. The normalized spacial score (nSPS) is 13.4. The molecule has 0 aromatic heterocycles. The predicted octanol–water partition coefficient (Wildman–Crippen LogP) is 5.60. The Morgan fingerprint density at radius 1 is 1.03 bits per heavy atom. The van der Waals surface area contributed by atoms with E-state index in [0.29, 0.717) is 41.0 Å². The summed E-state index contributed by atoms with van der Waals surface area (Å²) < 4.78 is 11.1. The third kappa shape index (κ3) is 5.41. The molecule has 1 aliphatic heterocycles. The Hall–Kier alpha value is -3.77. The molecule has 1 N–H and O–H groups in total. The van der Waals surface area contributed by atoms with Gasteiger partial charge in [0, 0.05) is 24.4 Å². The van der Waals surface area contributed by atoms with Crippen molar-refractivity contribution in [3.63, 3.8) is 0 Å². The topological polar surface area (TPSA) is 67.9 Å². The van der Waals surface area contributed by atoms with Crippen LogP contribution in [0.2, 0.25) is 5.02 Å². The Labute approximate surface area is 203 Å². The number of benzene rings is 3. The molecule has 4 rings (SSSR count). The number of nitrogens with one attached hydrogen (secondary N) is 1. The number of ether oxygens (including phenoxy) is 2. The van der Waals surface area contributed by atoms with Gasteiger partial charge in [0.15, 0.2) is 11.5 Å². The van der Waals surface area contributed by atoms with Gasteiger partial charge >= 0.3 is 0 Å². The van der Waals surface area contributed by atoms with E-state index >= 15 is 0 Å². The van der Waals surface area contributed by atoms with Gasteiger partial charge in [0.2, 0.25) is 5.91 Å². The SMILES string of the molecule is CC(c1cccc(NC(=O)c2ccccc2)c1)N(C)C(=O)/C=C/c1cc(Cl)c2c(c1)OCCO2. The van der Waals surface area contributed by atoms with Crippen molar-refractivity contribution >= 4 is 35.2 Å². The van der Waals surface area contributed by atoms with Crippen LogP contribution in [0.1, 0.15) is 34.5 Å². The fraction of sp³-hybridized carbons (Fsp3) is 0.185. The van der Waals surface area contributed by atoms with Gasteiger partial charge in [-0.3, -0.25) is 9.59 Å². The lowest BCUT2D eigenvalue weighted by Gasteiger charge is -2.24. The number of rotatable bonds is 6. The van der Waals surface area contributed by atoms with Gasteiger partial charge < -0.3 is 19.7 Å². The first-order chi connectivity index (χ1) is 16.4. The number of hydrogen-bond acceptors (Lipinski definition) is 4. The first-order valence-corrected chi connectivity index (χ1v) is 11.3. The summed E-state index contributed by atoms with van der Waals surface area (Å²) in [6.45, 7) is 2.85. The van der Waals surface area contributed by atoms with Gasteiger partial charge in [-0.2, -0.15) is 0 Å². The molecule has 1 atom stereocenters. The van der Waals surface area contributed by atoms with E-state index in [1.165, 1.54) is 6.08 Å². The molecule has 0 spiro atoms. The third-order valence-corrected chi connectivity index (χ3v) is 5.91. The van der Waals surface area contributed by atoms with Crippen LogP contribution in [-0.4, -0.2) is 37.0 Å². The molecule has 1 heterocycles. The lowest BCUT2D eigenvalue weighted by Crippen LogP contribution is -2.28. The van der Waals surface area contributed by atoms with Crippen LogP contribution in [0.4, 0.5) is 5.69 Å². The molecule has 0 aliphatic carbocycles. The van der Waals surface area contributed by atoms with E-state index in [-0.39, 0.29) is 17.9 Å². The van der Waals surface area contributed by atoms with Gasteiger partial charge in [0.05, 0.1) is 11.1 Å². The minimum Gasteiger partial charge on any atom is -0.486 e. The monoisotopic (exact) mass is 476 g/mol. The van der Waals surface area contributed by atoms with E-state index in [4.69, 9.17) is 21.1 Å². The highest BCUT2D eigenvalue weighted by atomic mass is 35.5. The van der Waals surface area contributed by atoms with Gasteiger partial charge in [-0.05, 0) is 60.5 Å². The summed E-state index contributed by atoms with van der Waals surface area (Å²) in [6, 6.07) is 19.8. The lowest BCUT2D eigenvalue weighted by atomic mass is 10.1. The van der Waals surface area contributed by atoms with E-state index in [9.17, 15) is 9.59 Å². The number of amides is 2. The molecule has 174 valence electrons. The molecule has 1 aliphatic rings. The maximum absolute atomic E-state index is 12.8. The Morgan fingerprint density at radius 2 is 1.79 bits per heavy atom. The first kappa shape index (κ1) is 23.4. The Balaban J connectivity index is 1.43. The van der Waals surface area contributed by atoms with Gasteiger partial charge in [0.1, 0.15) is 13.2 Å². The summed E-state index contributed by atoms with van der Waals surface area (Å²) in [6.07, 6.45) is 3.20. The van der Waals surface area contributed by atoms with Crippen molar-refractivity contribution < 1.29 is 19.1 Å². The number of carbonyl (C=O) groups excluding carboxylic acids is 2. The number of halogens is 1. The average Bonchev–Trinajstić information content (AvgIpc) is 2.87. The second-order valence-corrected chi connectivity index (χ2v) is 8.34. The van der Waals surface area contributed by atoms with E-state index in [1.54, 1.807) is 42.3 Å². The van der Waals surface area contributed by atoms with Gasteiger partial charge in [-0.1, -0.05) is 41.9 Å². The highest BCUT2D eigenvalue weighted by molar-refractivity contribution is 6.32. The molecule has 3 aromatic rings. The van der Waals surface area contributed by atoms with Crippen LogP contribution in [-0.2, 0) is 4.79 Å². The number of likely N-dealkylation sites (N-methyl/N-ethyl adjacent to an activating group) is 1. The Kier molecular flexibility index (Phi) is 7.18. The van der Waals surface area contributed by atoms with Crippen molar-refractivity contribution in [2.75, 3.05) is 25.6 Å². The van der Waals surface area contributed by atoms with E-state index in [2.05, 4.69) is 5.32 Å². The smallest absolute Gasteiger partial charge is 0.255 e. The van der Waals surface area contributed by atoms with Crippen molar-refractivity contribution in [2.45, 2.75) is 13.0 Å². The van der Waals surface area contributed by atoms with Crippen molar-refractivity contribution in [3.8, 4) is 11.5 Å². The second kappa shape index (κ2) is 10.4. The maximum atomic E-state index is 12.8. The van der Waals surface area contributed by atoms with Crippen LogP contribution in [0.3, 0.4) is 0 Å². The minimum atomic E-state index is -0.213. The minimum absolute atomic E-state index is 0.169. The number of hydrogen-bond donors (Lipinski definition) is 1. The average molecular weight is 477 g/mol. The fourth-order valence-corrected chi connectivity index (χ4v) is 3.87. The van der Waals surface area contributed by atoms with Crippen molar-refractivity contribution in [1.82, 2.24) is 4.90 Å². The molecule has 0 saturated heterocycles. The zero-order valence-corrected chi connectivity index (χ0v) is 19.7. The third-order valence-electron chi connectivity index (χ3n) is 5.63. The van der Waals surface area contributed by atoms with E-state index < -0.39 is 0 Å². The largest absolute Gasteiger partial charge is 0.486 e. The van der Waals surface area contributed by atoms with E-state index in [0.717, 1.165) is 11.1 Å². The van der Waals surface area contributed by atoms with Crippen LogP contribution in [0.15, 0.2) is 72.8 Å². The standard InChI is InChI=1S/C27H25ClN2O4/c1-18(21-9-6-10-22(17-21)29-27(32)20-7-4-3-5-8-20)30(2)25(31)12-11-19-15-23(28)26-24(16-19)33-13-14-34-26/h3-12,15-18H,13-14H2,1-2H3,(H,29,32)/b12-11+. The summed E-state index contributed by atoms with van der Waals surface area (Å²) >= 11 is 6.28. The highest BCUT2D eigenvalue weighted by Crippen LogP contribution is 2.38. The molecule has 0 saturated carbocycles. The van der Waals surface area contributed by atoms with Gasteiger partial charge in [-0.15, -0.1) is 0 Å². The molecule has 2 amide bonds.